The van der Waals surface area contributed by atoms with Crippen molar-refractivity contribution < 1.29 is 9.18 Å². The maximum atomic E-state index is 12.8. The van der Waals surface area contributed by atoms with Crippen molar-refractivity contribution in [2.45, 2.75) is 13.0 Å². The second kappa shape index (κ2) is 8.18. The summed E-state index contributed by atoms with van der Waals surface area (Å²) in [5.74, 6) is -0.265. The van der Waals surface area contributed by atoms with E-state index >= 15 is 0 Å². The molecule has 2 aromatic rings. The third-order valence-electron chi connectivity index (χ3n) is 3.35. The van der Waals surface area contributed by atoms with Gasteiger partial charge in [-0.05, 0) is 41.8 Å². The molecule has 3 nitrogen and oxygen atoms in total. The molecule has 122 valence electrons. The number of hydrogen-bond donors (Lipinski definition) is 1. The lowest BCUT2D eigenvalue weighted by molar-refractivity contribution is 0.207. The summed E-state index contributed by atoms with van der Waals surface area (Å²) >= 11 is 11.8. The van der Waals surface area contributed by atoms with Crippen LogP contribution in [0, 0.1) is 5.82 Å². The zero-order valence-electron chi connectivity index (χ0n) is 12.7. The van der Waals surface area contributed by atoms with Crippen molar-refractivity contribution in [1.29, 1.82) is 0 Å². The van der Waals surface area contributed by atoms with Gasteiger partial charge >= 0.3 is 6.03 Å². The van der Waals surface area contributed by atoms with Crippen LogP contribution >= 0.6 is 23.2 Å². The number of amides is 2. The van der Waals surface area contributed by atoms with Crippen LogP contribution in [-0.4, -0.2) is 24.5 Å². The largest absolute Gasteiger partial charge is 0.338 e. The summed E-state index contributed by atoms with van der Waals surface area (Å²) in [5.41, 5.74) is 1.87. The van der Waals surface area contributed by atoms with Crippen LogP contribution in [0.5, 0.6) is 0 Å². The Morgan fingerprint density at radius 3 is 2.39 bits per heavy atom. The van der Waals surface area contributed by atoms with Crippen molar-refractivity contribution in [1.82, 2.24) is 10.2 Å². The van der Waals surface area contributed by atoms with Crippen LogP contribution in [0.1, 0.15) is 11.1 Å². The standard InChI is InChI=1S/C17H17Cl2FN2O/c1-22(11-13-4-7-15(18)16(19)10-13)17(23)21-9-8-12-2-5-14(20)6-3-12/h2-7,10H,8-9,11H2,1H3,(H,21,23). The van der Waals surface area contributed by atoms with Crippen LogP contribution in [0.4, 0.5) is 9.18 Å². The molecule has 0 spiro atoms. The minimum atomic E-state index is -0.265. The highest BCUT2D eigenvalue weighted by Gasteiger charge is 2.09. The van der Waals surface area contributed by atoms with Crippen LogP contribution < -0.4 is 5.32 Å². The van der Waals surface area contributed by atoms with E-state index in [1.165, 1.54) is 12.1 Å². The first-order valence-corrected chi connectivity index (χ1v) is 7.88. The molecular weight excluding hydrogens is 338 g/mol. The molecule has 0 aliphatic heterocycles. The zero-order valence-corrected chi connectivity index (χ0v) is 14.2. The molecule has 2 amide bonds. The second-order valence-corrected chi connectivity index (χ2v) is 6.03. The summed E-state index contributed by atoms with van der Waals surface area (Å²) in [6.07, 6.45) is 0.645. The van der Waals surface area contributed by atoms with Crippen molar-refractivity contribution in [3.8, 4) is 0 Å². The van der Waals surface area contributed by atoms with Gasteiger partial charge < -0.3 is 10.2 Å². The van der Waals surface area contributed by atoms with E-state index in [2.05, 4.69) is 5.32 Å². The molecule has 0 aliphatic rings. The quantitative estimate of drug-likeness (QED) is 0.841. The first kappa shape index (κ1) is 17.6. The molecular formula is C17H17Cl2FN2O. The fourth-order valence-corrected chi connectivity index (χ4v) is 2.40. The molecule has 0 radical (unpaired) electrons. The summed E-state index contributed by atoms with van der Waals surface area (Å²) in [6.45, 7) is 0.912. The number of carbonyl (C=O) groups excluding carboxylic acids is 1. The Labute approximate surface area is 145 Å². The van der Waals surface area contributed by atoms with Gasteiger partial charge in [-0.3, -0.25) is 0 Å². The zero-order chi connectivity index (χ0) is 16.8. The normalized spacial score (nSPS) is 10.4. The fraction of sp³-hybridized carbons (Fsp3) is 0.235. The Morgan fingerprint density at radius 2 is 1.74 bits per heavy atom. The van der Waals surface area contributed by atoms with E-state index in [4.69, 9.17) is 23.2 Å². The molecule has 0 aromatic heterocycles. The van der Waals surface area contributed by atoms with Gasteiger partial charge in [-0.1, -0.05) is 41.4 Å². The van der Waals surface area contributed by atoms with E-state index in [1.807, 2.05) is 6.07 Å². The number of carbonyl (C=O) groups is 1. The topological polar surface area (TPSA) is 32.3 Å². The number of hydrogen-bond acceptors (Lipinski definition) is 1. The van der Waals surface area contributed by atoms with Gasteiger partial charge in [0.25, 0.3) is 0 Å². The van der Waals surface area contributed by atoms with Crippen molar-refractivity contribution in [3.63, 3.8) is 0 Å². The molecule has 2 aromatic carbocycles. The van der Waals surface area contributed by atoms with Crippen molar-refractivity contribution >= 4 is 29.2 Å². The van der Waals surface area contributed by atoms with Gasteiger partial charge in [0.05, 0.1) is 10.0 Å². The molecule has 0 aliphatic carbocycles. The summed E-state index contributed by atoms with van der Waals surface area (Å²) in [4.78, 5) is 13.6. The highest BCUT2D eigenvalue weighted by Crippen LogP contribution is 2.23. The van der Waals surface area contributed by atoms with Gasteiger partial charge in [0.2, 0.25) is 0 Å². The Balaban J connectivity index is 1.80. The Kier molecular flexibility index (Phi) is 6.25. The van der Waals surface area contributed by atoms with Crippen molar-refractivity contribution in [2.75, 3.05) is 13.6 Å². The average Bonchev–Trinajstić information content (AvgIpc) is 2.52. The summed E-state index contributed by atoms with van der Waals surface area (Å²) in [6, 6.07) is 11.3. The average molecular weight is 355 g/mol. The van der Waals surface area contributed by atoms with Crippen LogP contribution in [-0.2, 0) is 13.0 Å². The SMILES string of the molecule is CN(Cc1ccc(Cl)c(Cl)c1)C(=O)NCCc1ccc(F)cc1. The number of nitrogens with one attached hydrogen (secondary N) is 1. The Hall–Kier alpha value is -1.78. The first-order valence-electron chi connectivity index (χ1n) is 7.13. The highest BCUT2D eigenvalue weighted by molar-refractivity contribution is 6.42. The van der Waals surface area contributed by atoms with Gasteiger partial charge in [-0.25, -0.2) is 9.18 Å². The Bertz CT molecular complexity index is 677. The molecule has 0 saturated carbocycles. The van der Waals surface area contributed by atoms with Gasteiger partial charge in [0, 0.05) is 20.1 Å². The maximum absolute atomic E-state index is 12.8. The van der Waals surface area contributed by atoms with Crippen LogP contribution in [0.25, 0.3) is 0 Å². The number of halogens is 3. The summed E-state index contributed by atoms with van der Waals surface area (Å²) in [5, 5.41) is 3.78. The van der Waals surface area contributed by atoms with Crippen molar-refractivity contribution in [2.24, 2.45) is 0 Å². The van der Waals surface area contributed by atoms with Crippen molar-refractivity contribution in [3.05, 3.63) is 69.5 Å². The van der Waals surface area contributed by atoms with Crippen LogP contribution in [0.2, 0.25) is 10.0 Å². The van der Waals surface area contributed by atoms with E-state index in [0.29, 0.717) is 29.6 Å². The van der Waals surface area contributed by atoms with E-state index < -0.39 is 0 Å². The van der Waals surface area contributed by atoms with E-state index in [-0.39, 0.29) is 11.8 Å². The molecule has 0 fully saturated rings. The fourth-order valence-electron chi connectivity index (χ4n) is 2.08. The van der Waals surface area contributed by atoms with Crippen LogP contribution in [0.3, 0.4) is 0 Å². The number of nitrogens with zero attached hydrogens (tertiary/aromatic N) is 1. The lowest BCUT2D eigenvalue weighted by atomic mass is 10.1. The summed E-state index contributed by atoms with van der Waals surface area (Å²) in [7, 11) is 1.70. The smallest absolute Gasteiger partial charge is 0.317 e. The molecule has 0 unspecified atom stereocenters. The second-order valence-electron chi connectivity index (χ2n) is 5.21. The van der Waals surface area contributed by atoms with E-state index in [0.717, 1.165) is 11.1 Å². The molecule has 0 atom stereocenters. The predicted molar refractivity (Wildman–Crippen MR) is 91.4 cm³/mol. The molecule has 0 bridgehead atoms. The maximum Gasteiger partial charge on any atom is 0.317 e. The van der Waals surface area contributed by atoms with Gasteiger partial charge in [0.15, 0.2) is 0 Å². The number of urea groups is 1. The third-order valence-corrected chi connectivity index (χ3v) is 4.09. The minimum absolute atomic E-state index is 0.182. The van der Waals surface area contributed by atoms with Crippen LogP contribution in [0.15, 0.2) is 42.5 Å². The molecule has 0 saturated heterocycles. The lowest BCUT2D eigenvalue weighted by Gasteiger charge is -2.18. The minimum Gasteiger partial charge on any atom is -0.338 e. The van der Waals surface area contributed by atoms with Gasteiger partial charge in [-0.15, -0.1) is 0 Å². The number of rotatable bonds is 5. The van der Waals surface area contributed by atoms with E-state index in [9.17, 15) is 9.18 Å². The van der Waals surface area contributed by atoms with E-state index in [1.54, 1.807) is 36.2 Å². The summed E-state index contributed by atoms with van der Waals surface area (Å²) < 4.78 is 12.8. The first-order chi connectivity index (χ1) is 11.0. The highest BCUT2D eigenvalue weighted by atomic mass is 35.5. The monoisotopic (exact) mass is 354 g/mol. The molecule has 23 heavy (non-hydrogen) atoms. The molecule has 6 heteroatoms. The predicted octanol–water partition coefficient (Wildman–Crippen LogP) is 4.52. The molecule has 1 N–H and O–H groups in total. The number of benzene rings is 2. The molecule has 2 rings (SSSR count). The van der Waals surface area contributed by atoms with Gasteiger partial charge in [-0.2, -0.15) is 0 Å². The lowest BCUT2D eigenvalue weighted by Crippen LogP contribution is -2.37. The Morgan fingerprint density at radius 1 is 1.09 bits per heavy atom. The molecule has 0 heterocycles. The van der Waals surface area contributed by atoms with Gasteiger partial charge in [0.1, 0.15) is 5.82 Å². The third kappa shape index (κ3) is 5.41.